The Morgan fingerprint density at radius 1 is 1.41 bits per heavy atom. The van der Waals surface area contributed by atoms with Crippen LogP contribution in [0.5, 0.6) is 0 Å². The molecule has 1 amide bonds. The van der Waals surface area contributed by atoms with E-state index in [1.54, 1.807) is 12.1 Å². The standard InChI is InChI=1S/C14H15N3O5/c1-9(14(20)21-2)15-12(18)8-17-13(19)6-5-10(16-17)11-4-3-7-22-11/h3-7,9H,8H2,1-2H3,(H,15,18)/t9-/m1/s1. The summed E-state index contributed by atoms with van der Waals surface area (Å²) in [5.74, 6) is -0.612. The van der Waals surface area contributed by atoms with Crippen molar-refractivity contribution < 1.29 is 18.7 Å². The van der Waals surface area contributed by atoms with Crippen molar-refractivity contribution in [2.45, 2.75) is 19.5 Å². The predicted molar refractivity (Wildman–Crippen MR) is 75.8 cm³/mol. The number of amides is 1. The fraction of sp³-hybridized carbons (Fsp3) is 0.286. The number of carbonyl (C=O) groups excluding carboxylic acids is 2. The first-order valence-corrected chi connectivity index (χ1v) is 6.50. The van der Waals surface area contributed by atoms with Gasteiger partial charge in [-0.3, -0.25) is 9.59 Å². The molecule has 0 radical (unpaired) electrons. The highest BCUT2D eigenvalue weighted by atomic mass is 16.5. The van der Waals surface area contributed by atoms with Crippen LogP contribution in [-0.4, -0.2) is 34.8 Å². The Labute approximate surface area is 125 Å². The summed E-state index contributed by atoms with van der Waals surface area (Å²) in [7, 11) is 1.23. The molecule has 1 atom stereocenters. The van der Waals surface area contributed by atoms with Crippen LogP contribution in [0.1, 0.15) is 6.92 Å². The van der Waals surface area contributed by atoms with E-state index in [-0.39, 0.29) is 6.54 Å². The maximum Gasteiger partial charge on any atom is 0.328 e. The van der Waals surface area contributed by atoms with Gasteiger partial charge in [0.05, 0.1) is 13.4 Å². The number of hydrogen-bond acceptors (Lipinski definition) is 6. The van der Waals surface area contributed by atoms with Crippen LogP contribution >= 0.6 is 0 Å². The smallest absolute Gasteiger partial charge is 0.328 e. The molecule has 0 aliphatic carbocycles. The zero-order valence-corrected chi connectivity index (χ0v) is 12.1. The quantitative estimate of drug-likeness (QED) is 0.790. The minimum atomic E-state index is -0.804. The lowest BCUT2D eigenvalue weighted by Gasteiger charge is -2.12. The summed E-state index contributed by atoms with van der Waals surface area (Å²) in [5.41, 5.74) is -0.00501. The lowest BCUT2D eigenvalue weighted by Crippen LogP contribution is -2.42. The van der Waals surface area contributed by atoms with E-state index in [4.69, 9.17) is 4.42 Å². The number of methoxy groups -OCH3 is 1. The van der Waals surface area contributed by atoms with Crippen LogP contribution in [0.4, 0.5) is 0 Å². The van der Waals surface area contributed by atoms with Crippen molar-refractivity contribution in [2.75, 3.05) is 7.11 Å². The van der Waals surface area contributed by atoms with E-state index in [1.807, 2.05) is 0 Å². The Balaban J connectivity index is 2.12. The number of nitrogens with one attached hydrogen (secondary N) is 1. The van der Waals surface area contributed by atoms with Crippen LogP contribution in [0.25, 0.3) is 11.5 Å². The first-order chi connectivity index (χ1) is 10.5. The molecule has 1 N–H and O–H groups in total. The molecule has 116 valence electrons. The second kappa shape index (κ2) is 6.70. The van der Waals surface area contributed by atoms with E-state index < -0.39 is 23.5 Å². The van der Waals surface area contributed by atoms with E-state index >= 15 is 0 Å². The number of hydrogen-bond donors (Lipinski definition) is 1. The lowest BCUT2D eigenvalue weighted by atomic mass is 10.3. The van der Waals surface area contributed by atoms with Gasteiger partial charge in [-0.15, -0.1) is 0 Å². The molecule has 0 spiro atoms. The van der Waals surface area contributed by atoms with Gasteiger partial charge in [-0.2, -0.15) is 5.10 Å². The maximum atomic E-state index is 11.9. The molecule has 2 aromatic heterocycles. The summed E-state index contributed by atoms with van der Waals surface area (Å²) in [4.78, 5) is 34.8. The SMILES string of the molecule is COC(=O)[C@@H](C)NC(=O)Cn1nc(-c2ccco2)ccc1=O. The number of nitrogens with zero attached hydrogens (tertiary/aromatic N) is 2. The highest BCUT2D eigenvalue weighted by molar-refractivity contribution is 5.83. The van der Waals surface area contributed by atoms with Crippen LogP contribution in [0.15, 0.2) is 39.7 Å². The Morgan fingerprint density at radius 3 is 2.82 bits per heavy atom. The maximum absolute atomic E-state index is 11.9. The number of rotatable bonds is 5. The zero-order valence-electron chi connectivity index (χ0n) is 12.1. The Hall–Kier alpha value is -2.90. The largest absolute Gasteiger partial charge is 0.467 e. The van der Waals surface area contributed by atoms with Crippen molar-refractivity contribution in [3.63, 3.8) is 0 Å². The molecule has 2 rings (SSSR count). The third-order valence-corrected chi connectivity index (χ3v) is 2.87. The topological polar surface area (TPSA) is 103 Å². The molecule has 0 saturated heterocycles. The molecule has 0 aromatic carbocycles. The van der Waals surface area contributed by atoms with Gasteiger partial charge >= 0.3 is 5.97 Å². The van der Waals surface area contributed by atoms with Crippen molar-refractivity contribution in [1.29, 1.82) is 0 Å². The molecule has 0 aliphatic rings. The molecule has 8 nitrogen and oxygen atoms in total. The van der Waals surface area contributed by atoms with Gasteiger partial charge in [0, 0.05) is 6.07 Å². The van der Waals surface area contributed by atoms with Crippen LogP contribution < -0.4 is 10.9 Å². The molecule has 0 unspecified atom stereocenters. The molecule has 2 heterocycles. The summed E-state index contributed by atoms with van der Waals surface area (Å²) in [5, 5.41) is 6.48. The first-order valence-electron chi connectivity index (χ1n) is 6.50. The fourth-order valence-corrected chi connectivity index (χ4v) is 1.78. The van der Waals surface area contributed by atoms with Crippen molar-refractivity contribution in [3.05, 3.63) is 40.9 Å². The molecule has 22 heavy (non-hydrogen) atoms. The predicted octanol–water partition coefficient (Wildman–Crippen LogP) is 0.181. The van der Waals surface area contributed by atoms with E-state index in [0.29, 0.717) is 11.5 Å². The zero-order chi connectivity index (χ0) is 16.1. The summed E-state index contributed by atoms with van der Waals surface area (Å²) in [6, 6.07) is 5.38. The Morgan fingerprint density at radius 2 is 2.18 bits per heavy atom. The fourth-order valence-electron chi connectivity index (χ4n) is 1.78. The summed E-state index contributed by atoms with van der Waals surface area (Å²) < 4.78 is 10.7. The summed E-state index contributed by atoms with van der Waals surface area (Å²) in [6.07, 6.45) is 1.48. The molecular formula is C14H15N3O5. The molecule has 0 saturated carbocycles. The highest BCUT2D eigenvalue weighted by Crippen LogP contribution is 2.14. The number of furan rings is 1. The van der Waals surface area contributed by atoms with Crippen molar-refractivity contribution >= 4 is 11.9 Å². The summed E-state index contributed by atoms with van der Waals surface area (Å²) >= 11 is 0. The number of ether oxygens (including phenoxy) is 1. The minimum absolute atomic E-state index is 0.311. The van der Waals surface area contributed by atoms with Gasteiger partial charge in [0.1, 0.15) is 18.3 Å². The second-order valence-corrected chi connectivity index (χ2v) is 4.50. The molecule has 0 aliphatic heterocycles. The monoisotopic (exact) mass is 305 g/mol. The molecule has 0 bridgehead atoms. The molecule has 8 heteroatoms. The molecule has 2 aromatic rings. The lowest BCUT2D eigenvalue weighted by molar-refractivity contribution is -0.144. The normalized spacial score (nSPS) is 11.7. The second-order valence-electron chi connectivity index (χ2n) is 4.50. The Kier molecular flexibility index (Phi) is 4.72. The third kappa shape index (κ3) is 3.60. The number of aromatic nitrogens is 2. The average molecular weight is 305 g/mol. The van der Waals surface area contributed by atoms with Gasteiger partial charge < -0.3 is 14.5 Å². The van der Waals surface area contributed by atoms with Gasteiger partial charge in [-0.05, 0) is 25.1 Å². The number of esters is 1. The van der Waals surface area contributed by atoms with Gasteiger partial charge in [0.25, 0.3) is 5.56 Å². The first kappa shape index (κ1) is 15.5. The van der Waals surface area contributed by atoms with Gasteiger partial charge in [-0.25, -0.2) is 9.48 Å². The van der Waals surface area contributed by atoms with E-state index in [0.717, 1.165) is 4.68 Å². The average Bonchev–Trinajstić information content (AvgIpc) is 3.02. The van der Waals surface area contributed by atoms with Crippen LogP contribution in [0, 0.1) is 0 Å². The highest BCUT2D eigenvalue weighted by Gasteiger charge is 2.17. The van der Waals surface area contributed by atoms with Crippen molar-refractivity contribution in [1.82, 2.24) is 15.1 Å². The molecule has 0 fully saturated rings. The Bertz CT molecular complexity index is 720. The minimum Gasteiger partial charge on any atom is -0.467 e. The van der Waals surface area contributed by atoms with Crippen LogP contribution in [0.2, 0.25) is 0 Å². The van der Waals surface area contributed by atoms with Gasteiger partial charge in [-0.1, -0.05) is 0 Å². The van der Waals surface area contributed by atoms with E-state index in [1.165, 1.54) is 32.4 Å². The van der Waals surface area contributed by atoms with Gasteiger partial charge in [0.15, 0.2) is 5.76 Å². The van der Waals surface area contributed by atoms with E-state index in [2.05, 4.69) is 15.2 Å². The summed E-state index contributed by atoms with van der Waals surface area (Å²) in [6.45, 7) is 1.17. The van der Waals surface area contributed by atoms with Gasteiger partial charge in [0.2, 0.25) is 5.91 Å². The van der Waals surface area contributed by atoms with Crippen LogP contribution in [-0.2, 0) is 20.9 Å². The van der Waals surface area contributed by atoms with Crippen molar-refractivity contribution in [2.24, 2.45) is 0 Å². The van der Waals surface area contributed by atoms with Crippen LogP contribution in [0.3, 0.4) is 0 Å². The van der Waals surface area contributed by atoms with E-state index in [9.17, 15) is 14.4 Å². The third-order valence-electron chi connectivity index (χ3n) is 2.87. The molecular weight excluding hydrogens is 290 g/mol. The number of carbonyl (C=O) groups is 2. The van der Waals surface area contributed by atoms with Crippen molar-refractivity contribution in [3.8, 4) is 11.5 Å².